The minimum absolute atomic E-state index is 0.237. The number of ether oxygens (including phenoxy) is 1. The molecule has 6 nitrogen and oxygen atoms in total. The Labute approximate surface area is 206 Å². The van der Waals surface area contributed by atoms with Crippen LogP contribution >= 0.6 is 0 Å². The molecule has 1 saturated carbocycles. The average molecular weight is 500 g/mol. The van der Waals surface area contributed by atoms with Crippen LogP contribution in [0.3, 0.4) is 0 Å². The lowest BCUT2D eigenvalue weighted by molar-refractivity contribution is -0.147. The molecule has 0 amide bonds. The predicted molar refractivity (Wildman–Crippen MR) is 130 cm³/mol. The number of carboxylic acid groups (broad SMARTS) is 1. The zero-order chi connectivity index (χ0) is 26.0. The summed E-state index contributed by atoms with van der Waals surface area (Å²) in [5.74, 6) is -3.65. The fraction of sp³-hybridized carbons (Fsp3) is 0.407. The molecule has 2 heterocycles. The van der Waals surface area contributed by atoms with E-state index in [1.54, 1.807) is 24.7 Å². The number of aromatic nitrogens is 3. The number of H-pyrrole nitrogens is 1. The number of benzene rings is 2. The summed E-state index contributed by atoms with van der Waals surface area (Å²) in [6.07, 6.45) is 2.84. The number of nitrogens with zero attached hydrogens (tertiary/aromatic N) is 2. The minimum atomic E-state index is -1.02. The van der Waals surface area contributed by atoms with E-state index in [0.29, 0.717) is 52.5 Å². The highest BCUT2D eigenvalue weighted by molar-refractivity contribution is 6.00. The number of fused-ring (bicyclic) bond motifs is 2. The largest absolute Gasteiger partial charge is 0.481 e. The Hall–Kier alpha value is -3.33. The van der Waals surface area contributed by atoms with Gasteiger partial charge in [-0.3, -0.25) is 9.89 Å². The van der Waals surface area contributed by atoms with E-state index >= 15 is 4.39 Å². The van der Waals surface area contributed by atoms with Crippen LogP contribution < -0.4 is 0 Å². The maximum Gasteiger partial charge on any atom is 0.309 e. The van der Waals surface area contributed by atoms with E-state index < -0.39 is 34.3 Å². The van der Waals surface area contributed by atoms with Crippen LogP contribution in [0.15, 0.2) is 30.5 Å². The first-order valence-electron chi connectivity index (χ1n) is 11.9. The molecule has 1 fully saturated rings. The van der Waals surface area contributed by atoms with Crippen molar-refractivity contribution in [3.63, 3.8) is 0 Å². The second-order valence-corrected chi connectivity index (χ2v) is 10.7. The van der Waals surface area contributed by atoms with Crippen LogP contribution in [0.25, 0.3) is 27.5 Å². The van der Waals surface area contributed by atoms with Crippen LogP contribution in [0.1, 0.15) is 57.2 Å². The molecule has 9 heteroatoms. The van der Waals surface area contributed by atoms with Gasteiger partial charge in [0.05, 0.1) is 23.7 Å². The molecule has 2 N–H and O–H groups in total. The van der Waals surface area contributed by atoms with Crippen molar-refractivity contribution in [1.82, 2.24) is 14.8 Å². The summed E-state index contributed by atoms with van der Waals surface area (Å²) >= 11 is 0. The third-order valence-electron chi connectivity index (χ3n) is 7.62. The number of aromatic amines is 1. The zero-order valence-corrected chi connectivity index (χ0v) is 20.6. The van der Waals surface area contributed by atoms with E-state index in [-0.39, 0.29) is 18.0 Å². The van der Waals surface area contributed by atoms with Gasteiger partial charge in [0.25, 0.3) is 0 Å². The summed E-state index contributed by atoms with van der Waals surface area (Å²) in [5, 5.41) is 17.4. The van der Waals surface area contributed by atoms with Crippen molar-refractivity contribution >= 4 is 27.8 Å². The highest BCUT2D eigenvalue weighted by atomic mass is 19.2. The molecule has 0 radical (unpaired) electrons. The molecule has 2 aromatic heterocycles. The summed E-state index contributed by atoms with van der Waals surface area (Å²) in [7, 11) is 1.57. The molecule has 190 valence electrons. The number of halogens is 3. The average Bonchev–Trinajstić information content (AvgIpc) is 3.52. The molecule has 5 rings (SSSR count). The first-order chi connectivity index (χ1) is 17.0. The number of carbonyl (C=O) groups is 1. The Bertz CT molecular complexity index is 1510. The minimum Gasteiger partial charge on any atom is -0.481 e. The van der Waals surface area contributed by atoms with E-state index in [4.69, 9.17) is 4.74 Å². The van der Waals surface area contributed by atoms with Gasteiger partial charge in [0.1, 0.15) is 5.52 Å². The van der Waals surface area contributed by atoms with Gasteiger partial charge >= 0.3 is 5.97 Å². The monoisotopic (exact) mass is 499 g/mol. The smallest absolute Gasteiger partial charge is 0.309 e. The Kier molecular flexibility index (Phi) is 5.66. The second kappa shape index (κ2) is 8.37. The molecule has 0 spiro atoms. The van der Waals surface area contributed by atoms with Gasteiger partial charge in [-0.1, -0.05) is 13.8 Å². The van der Waals surface area contributed by atoms with Gasteiger partial charge in [0.15, 0.2) is 17.5 Å². The van der Waals surface area contributed by atoms with E-state index in [9.17, 15) is 18.7 Å². The molecule has 4 aromatic rings. The molecule has 2 atom stereocenters. The van der Waals surface area contributed by atoms with Gasteiger partial charge < -0.3 is 14.4 Å². The number of hydrogen-bond acceptors (Lipinski definition) is 3. The molecular formula is C27H28F3N3O3. The highest BCUT2D eigenvalue weighted by Crippen LogP contribution is 2.52. The molecule has 1 aliphatic rings. The summed E-state index contributed by atoms with van der Waals surface area (Å²) in [4.78, 5) is 12.1. The molecule has 1 aliphatic carbocycles. The van der Waals surface area contributed by atoms with Crippen molar-refractivity contribution < 1.29 is 27.8 Å². The lowest BCUT2D eigenvalue weighted by Crippen LogP contribution is -2.29. The number of aliphatic carboxylic acids is 1. The third-order valence-corrected chi connectivity index (χ3v) is 7.62. The Morgan fingerprint density at radius 3 is 2.67 bits per heavy atom. The SMILES string of the molecule is COCC(C)(C)c1c(C2CC[C@@](C)(C(=O)O)C2)c2c(F)c3[nH]ncc3cc2n1-c1ccc(F)c(F)c1. The van der Waals surface area contributed by atoms with Gasteiger partial charge in [0, 0.05) is 40.7 Å². The van der Waals surface area contributed by atoms with E-state index in [0.717, 1.165) is 12.1 Å². The van der Waals surface area contributed by atoms with E-state index in [2.05, 4.69) is 10.2 Å². The molecule has 1 unspecified atom stereocenters. The molecule has 36 heavy (non-hydrogen) atoms. The lowest BCUT2D eigenvalue weighted by Gasteiger charge is -2.30. The summed E-state index contributed by atoms with van der Waals surface area (Å²) in [5.41, 5.74) is 0.782. The highest BCUT2D eigenvalue weighted by Gasteiger charge is 2.45. The fourth-order valence-corrected chi connectivity index (χ4v) is 5.90. The quantitative estimate of drug-likeness (QED) is 0.331. The number of rotatable bonds is 6. The topological polar surface area (TPSA) is 80.1 Å². The normalized spacial score (nSPS) is 20.6. The lowest BCUT2D eigenvalue weighted by atomic mass is 9.80. The van der Waals surface area contributed by atoms with E-state index in [1.165, 1.54) is 12.3 Å². The van der Waals surface area contributed by atoms with Crippen LogP contribution in [0.4, 0.5) is 13.2 Å². The van der Waals surface area contributed by atoms with Crippen molar-refractivity contribution in [2.75, 3.05) is 13.7 Å². The molecule has 0 bridgehead atoms. The van der Waals surface area contributed by atoms with Crippen LogP contribution in [0.5, 0.6) is 0 Å². The molecule has 0 saturated heterocycles. The number of methoxy groups -OCH3 is 1. The standard InChI is InChI=1S/C27H28F3N3O3/c1-26(2,13-36-4)24-20(14-7-8-27(3,11-14)25(34)35)21-19(9-15-12-31-32-23(15)22(21)30)33(24)16-5-6-17(28)18(29)10-16/h5-6,9-10,12,14H,7-8,11,13H2,1-4H3,(H,31,32)(H,34,35)/t14?,27-/m1/s1. The number of nitrogens with one attached hydrogen (secondary N) is 1. The zero-order valence-electron chi connectivity index (χ0n) is 20.6. The summed E-state index contributed by atoms with van der Waals surface area (Å²) < 4.78 is 51.9. The van der Waals surface area contributed by atoms with Crippen LogP contribution in [-0.2, 0) is 14.9 Å². The van der Waals surface area contributed by atoms with Gasteiger partial charge in [0.2, 0.25) is 0 Å². The van der Waals surface area contributed by atoms with Crippen molar-refractivity contribution in [1.29, 1.82) is 0 Å². The maximum absolute atomic E-state index is 16.2. The van der Waals surface area contributed by atoms with Gasteiger partial charge in [-0.15, -0.1) is 0 Å². The Morgan fingerprint density at radius 1 is 1.28 bits per heavy atom. The fourth-order valence-electron chi connectivity index (χ4n) is 5.90. The van der Waals surface area contributed by atoms with Crippen molar-refractivity contribution in [2.45, 2.75) is 51.4 Å². The predicted octanol–water partition coefficient (Wildman–Crippen LogP) is 6.21. The van der Waals surface area contributed by atoms with Crippen LogP contribution in [-0.4, -0.2) is 39.6 Å². The van der Waals surface area contributed by atoms with Crippen molar-refractivity contribution in [3.05, 3.63) is 59.2 Å². The molecule has 2 aromatic carbocycles. The van der Waals surface area contributed by atoms with Crippen LogP contribution in [0, 0.1) is 22.9 Å². The van der Waals surface area contributed by atoms with Crippen molar-refractivity contribution in [2.24, 2.45) is 5.41 Å². The first-order valence-corrected chi connectivity index (χ1v) is 11.9. The van der Waals surface area contributed by atoms with Gasteiger partial charge in [-0.25, -0.2) is 13.2 Å². The second-order valence-electron chi connectivity index (χ2n) is 10.7. The third kappa shape index (κ3) is 3.59. The number of carboxylic acids is 1. The van der Waals surface area contributed by atoms with Gasteiger partial charge in [-0.05, 0) is 55.9 Å². The van der Waals surface area contributed by atoms with Gasteiger partial charge in [-0.2, -0.15) is 5.10 Å². The summed E-state index contributed by atoms with van der Waals surface area (Å²) in [6.45, 7) is 5.87. The summed E-state index contributed by atoms with van der Waals surface area (Å²) in [6, 6.07) is 5.38. The van der Waals surface area contributed by atoms with Crippen LogP contribution in [0.2, 0.25) is 0 Å². The molecule has 0 aliphatic heterocycles. The Balaban J connectivity index is 1.93. The number of hydrogen-bond donors (Lipinski definition) is 2. The maximum atomic E-state index is 16.2. The molecular weight excluding hydrogens is 471 g/mol. The Morgan fingerprint density at radius 2 is 2.03 bits per heavy atom. The van der Waals surface area contributed by atoms with Crippen molar-refractivity contribution in [3.8, 4) is 5.69 Å². The van der Waals surface area contributed by atoms with E-state index in [1.807, 2.05) is 13.8 Å². The first kappa shape index (κ1) is 24.4.